The van der Waals surface area contributed by atoms with Crippen molar-refractivity contribution >= 4 is 15.9 Å². The molecule has 2 heterocycles. The van der Waals surface area contributed by atoms with Crippen molar-refractivity contribution in [1.82, 2.24) is 19.4 Å². The molecule has 1 aromatic heterocycles. The second-order valence-corrected chi connectivity index (χ2v) is 7.59. The minimum absolute atomic E-state index is 0.229. The second-order valence-electron chi connectivity index (χ2n) is 6.84. The predicted molar refractivity (Wildman–Crippen MR) is 90.3 cm³/mol. The fourth-order valence-electron chi connectivity index (χ4n) is 3.09. The van der Waals surface area contributed by atoms with Crippen LogP contribution in [0.3, 0.4) is 0 Å². The third kappa shape index (κ3) is 3.50. The normalized spacial score (nSPS) is 20.0. The van der Waals surface area contributed by atoms with Gasteiger partial charge in [0.2, 0.25) is 0 Å². The summed E-state index contributed by atoms with van der Waals surface area (Å²) in [7, 11) is 2.07. The van der Waals surface area contributed by atoms with Crippen LogP contribution in [-0.2, 0) is 7.05 Å². The number of hydrogen-bond acceptors (Lipinski definition) is 4. The molecule has 0 aliphatic carbocycles. The summed E-state index contributed by atoms with van der Waals surface area (Å²) in [4.78, 5) is 9.55. The Kier molecular flexibility index (Phi) is 5.13. The van der Waals surface area contributed by atoms with Crippen LogP contribution in [0.2, 0.25) is 0 Å². The first-order valence-corrected chi connectivity index (χ1v) is 8.43. The average Bonchev–Trinajstić information content (AvgIpc) is 2.66. The average molecular weight is 358 g/mol. The number of nitrogens with zero attached hydrogens (tertiary/aromatic N) is 4. The molecule has 2 N–H and O–H groups in total. The first kappa shape index (κ1) is 16.9. The third-order valence-electron chi connectivity index (χ3n) is 4.56. The Hall–Kier alpha value is -0.430. The van der Waals surface area contributed by atoms with Crippen LogP contribution in [0.15, 0.2) is 4.60 Å². The molecule has 1 aromatic rings. The molecule has 1 saturated heterocycles. The molecular formula is C15H28BrN5. The SMILES string of the molecule is Cc1nc(Br)c(C(CN)N2CCN(C(C)(C)C)CC2)n1C. The van der Waals surface area contributed by atoms with Crippen molar-refractivity contribution in [2.24, 2.45) is 12.8 Å². The quantitative estimate of drug-likeness (QED) is 0.897. The fourth-order valence-corrected chi connectivity index (χ4v) is 3.87. The molecule has 0 amide bonds. The number of halogens is 1. The summed E-state index contributed by atoms with van der Waals surface area (Å²) in [5, 5.41) is 0. The molecule has 0 aromatic carbocycles. The molecule has 120 valence electrons. The molecule has 2 rings (SSSR count). The largest absolute Gasteiger partial charge is 0.333 e. The molecule has 0 bridgehead atoms. The van der Waals surface area contributed by atoms with Crippen molar-refractivity contribution in [2.75, 3.05) is 32.7 Å². The molecular weight excluding hydrogens is 330 g/mol. The lowest BCUT2D eigenvalue weighted by Gasteiger charge is -2.44. The minimum atomic E-state index is 0.229. The Balaban J connectivity index is 2.13. The van der Waals surface area contributed by atoms with Gasteiger partial charge in [-0.3, -0.25) is 9.80 Å². The molecule has 0 saturated carbocycles. The van der Waals surface area contributed by atoms with E-state index in [-0.39, 0.29) is 11.6 Å². The van der Waals surface area contributed by atoms with Crippen LogP contribution in [0.4, 0.5) is 0 Å². The van der Waals surface area contributed by atoms with Crippen LogP contribution in [0, 0.1) is 6.92 Å². The molecule has 1 aliphatic rings. The number of hydrogen-bond donors (Lipinski definition) is 1. The highest BCUT2D eigenvalue weighted by Crippen LogP contribution is 2.29. The van der Waals surface area contributed by atoms with E-state index < -0.39 is 0 Å². The molecule has 1 aliphatic heterocycles. The smallest absolute Gasteiger partial charge is 0.129 e. The molecule has 0 radical (unpaired) electrons. The standard InChI is InChI=1S/C15H28BrN5/c1-11-18-14(16)13(19(11)5)12(10-17)20-6-8-21(9-7-20)15(2,3)4/h12H,6-10,17H2,1-5H3. The Morgan fingerprint density at radius 3 is 2.19 bits per heavy atom. The Bertz CT molecular complexity index is 483. The van der Waals surface area contributed by atoms with Gasteiger partial charge in [0.1, 0.15) is 10.4 Å². The molecule has 5 nitrogen and oxygen atoms in total. The van der Waals surface area contributed by atoms with Crippen LogP contribution in [0.5, 0.6) is 0 Å². The summed E-state index contributed by atoms with van der Waals surface area (Å²) in [6, 6.07) is 0.229. The van der Waals surface area contributed by atoms with Gasteiger partial charge in [-0.05, 0) is 43.6 Å². The first-order chi connectivity index (χ1) is 9.75. The van der Waals surface area contributed by atoms with Crippen molar-refractivity contribution in [3.8, 4) is 0 Å². The van der Waals surface area contributed by atoms with E-state index in [1.807, 2.05) is 6.92 Å². The van der Waals surface area contributed by atoms with Gasteiger partial charge < -0.3 is 10.3 Å². The van der Waals surface area contributed by atoms with Gasteiger partial charge in [-0.1, -0.05) is 0 Å². The first-order valence-electron chi connectivity index (χ1n) is 7.63. The van der Waals surface area contributed by atoms with Crippen LogP contribution < -0.4 is 5.73 Å². The molecule has 1 fully saturated rings. The topological polar surface area (TPSA) is 50.3 Å². The van der Waals surface area contributed by atoms with E-state index in [2.05, 4.69) is 63.1 Å². The highest BCUT2D eigenvalue weighted by Gasteiger charge is 2.31. The van der Waals surface area contributed by atoms with E-state index in [0.29, 0.717) is 6.54 Å². The van der Waals surface area contributed by atoms with Crippen molar-refractivity contribution in [2.45, 2.75) is 39.3 Å². The lowest BCUT2D eigenvalue weighted by Crippen LogP contribution is -2.54. The molecule has 6 heteroatoms. The summed E-state index contributed by atoms with van der Waals surface area (Å²) in [6.45, 7) is 13.8. The van der Waals surface area contributed by atoms with E-state index in [1.165, 1.54) is 5.69 Å². The van der Waals surface area contributed by atoms with Gasteiger partial charge in [0.15, 0.2) is 0 Å². The number of imidazole rings is 1. The van der Waals surface area contributed by atoms with Gasteiger partial charge in [0.25, 0.3) is 0 Å². The van der Waals surface area contributed by atoms with Gasteiger partial charge in [-0.2, -0.15) is 0 Å². The van der Waals surface area contributed by atoms with E-state index in [9.17, 15) is 0 Å². The number of rotatable bonds is 3. The van der Waals surface area contributed by atoms with E-state index in [1.54, 1.807) is 0 Å². The van der Waals surface area contributed by atoms with E-state index in [4.69, 9.17) is 5.73 Å². The van der Waals surface area contributed by atoms with E-state index >= 15 is 0 Å². The second kappa shape index (κ2) is 6.36. The summed E-state index contributed by atoms with van der Waals surface area (Å²) in [6.07, 6.45) is 0. The van der Waals surface area contributed by atoms with Gasteiger partial charge in [0, 0.05) is 45.3 Å². The fraction of sp³-hybridized carbons (Fsp3) is 0.800. The maximum atomic E-state index is 6.09. The number of piperazine rings is 1. The predicted octanol–water partition coefficient (Wildman–Crippen LogP) is 1.91. The Morgan fingerprint density at radius 1 is 1.24 bits per heavy atom. The highest BCUT2D eigenvalue weighted by molar-refractivity contribution is 9.10. The number of aromatic nitrogens is 2. The number of aryl methyl sites for hydroxylation is 1. The third-order valence-corrected chi connectivity index (χ3v) is 5.14. The minimum Gasteiger partial charge on any atom is -0.333 e. The lowest BCUT2D eigenvalue weighted by molar-refractivity contribution is 0.0417. The van der Waals surface area contributed by atoms with Crippen molar-refractivity contribution in [3.05, 3.63) is 16.1 Å². The summed E-state index contributed by atoms with van der Waals surface area (Å²) in [5.74, 6) is 1.02. The zero-order chi connectivity index (χ0) is 15.8. The maximum absolute atomic E-state index is 6.09. The van der Waals surface area contributed by atoms with Crippen molar-refractivity contribution in [3.63, 3.8) is 0 Å². The molecule has 21 heavy (non-hydrogen) atoms. The van der Waals surface area contributed by atoms with Gasteiger partial charge in [-0.25, -0.2) is 4.98 Å². The molecule has 1 unspecified atom stereocenters. The maximum Gasteiger partial charge on any atom is 0.129 e. The lowest BCUT2D eigenvalue weighted by atomic mass is 10.0. The van der Waals surface area contributed by atoms with Crippen LogP contribution in [0.25, 0.3) is 0 Å². The van der Waals surface area contributed by atoms with Crippen molar-refractivity contribution < 1.29 is 0 Å². The van der Waals surface area contributed by atoms with Crippen LogP contribution >= 0.6 is 15.9 Å². The van der Waals surface area contributed by atoms with Gasteiger partial charge in [0.05, 0.1) is 11.7 Å². The van der Waals surface area contributed by atoms with Crippen LogP contribution in [-0.4, -0.2) is 57.6 Å². The monoisotopic (exact) mass is 357 g/mol. The van der Waals surface area contributed by atoms with Gasteiger partial charge >= 0.3 is 0 Å². The van der Waals surface area contributed by atoms with E-state index in [0.717, 1.165) is 36.6 Å². The molecule has 1 atom stereocenters. The summed E-state index contributed by atoms with van der Waals surface area (Å²) in [5.41, 5.74) is 7.52. The van der Waals surface area contributed by atoms with Gasteiger partial charge in [-0.15, -0.1) is 0 Å². The van der Waals surface area contributed by atoms with Crippen molar-refractivity contribution in [1.29, 1.82) is 0 Å². The molecule has 0 spiro atoms. The van der Waals surface area contributed by atoms with Crippen LogP contribution in [0.1, 0.15) is 38.3 Å². The summed E-state index contributed by atoms with van der Waals surface area (Å²) < 4.78 is 3.08. The zero-order valence-corrected chi connectivity index (χ0v) is 15.4. The number of nitrogens with two attached hydrogens (primary N) is 1. The highest BCUT2D eigenvalue weighted by atomic mass is 79.9. The summed E-state index contributed by atoms with van der Waals surface area (Å²) >= 11 is 3.60. The Labute approximate surface area is 136 Å². The zero-order valence-electron chi connectivity index (χ0n) is 13.9. The Morgan fingerprint density at radius 2 is 1.81 bits per heavy atom.